The summed E-state index contributed by atoms with van der Waals surface area (Å²) < 4.78 is 11.2. The maximum absolute atomic E-state index is 12.6. The van der Waals surface area contributed by atoms with Gasteiger partial charge in [-0.1, -0.05) is 49.2 Å². The van der Waals surface area contributed by atoms with E-state index in [1.807, 2.05) is 42.5 Å². The lowest BCUT2D eigenvalue weighted by atomic mass is 9.98. The fraction of sp³-hybridized carbons (Fsp3) is 0.318. The summed E-state index contributed by atoms with van der Waals surface area (Å²) >= 11 is 0. The Bertz CT molecular complexity index is 922. The molecule has 0 atom stereocenters. The van der Waals surface area contributed by atoms with Crippen molar-refractivity contribution in [2.75, 3.05) is 6.54 Å². The van der Waals surface area contributed by atoms with Crippen LogP contribution in [0.2, 0.25) is 0 Å². The summed E-state index contributed by atoms with van der Waals surface area (Å²) in [4.78, 5) is 38.1. The van der Waals surface area contributed by atoms with Gasteiger partial charge in [-0.15, -0.1) is 0 Å². The second-order valence-electron chi connectivity index (χ2n) is 7.29. The molecule has 1 aliphatic carbocycles. The third-order valence-corrected chi connectivity index (χ3v) is 5.32. The largest absolute Gasteiger partial charge is 0.459 e. The van der Waals surface area contributed by atoms with Gasteiger partial charge in [0.05, 0.1) is 0 Å². The van der Waals surface area contributed by atoms with Crippen LogP contribution in [0, 0.1) is 0 Å². The molecule has 2 fully saturated rings. The molecular formula is C22H22N2O5. The first-order chi connectivity index (χ1) is 14.1. The first kappa shape index (κ1) is 19.0. The third kappa shape index (κ3) is 3.94. The van der Waals surface area contributed by atoms with E-state index in [0.717, 1.165) is 17.7 Å². The minimum Gasteiger partial charge on any atom is -0.459 e. The monoisotopic (exact) mass is 394 g/mol. The van der Waals surface area contributed by atoms with Gasteiger partial charge in [0.25, 0.3) is 5.91 Å². The van der Waals surface area contributed by atoms with Gasteiger partial charge in [-0.05, 0) is 31.0 Å². The van der Waals surface area contributed by atoms with Gasteiger partial charge in [-0.2, -0.15) is 0 Å². The molecule has 0 radical (unpaired) electrons. The Balaban J connectivity index is 1.37. The highest BCUT2D eigenvalue weighted by atomic mass is 16.5. The molecule has 1 aliphatic heterocycles. The molecule has 1 N–H and O–H groups in total. The van der Waals surface area contributed by atoms with Crippen LogP contribution in [0.25, 0.3) is 0 Å². The van der Waals surface area contributed by atoms with Gasteiger partial charge >= 0.3 is 12.0 Å². The first-order valence-corrected chi connectivity index (χ1v) is 9.68. The standard InChI is InChI=1S/C22H22N2O5/c25-19(14-24-20(26)22(23-21(24)27)12-6-7-13-22)28-15-16-8-4-5-11-18(16)29-17-9-2-1-3-10-17/h1-5,8-11H,6-7,12-15H2,(H,23,27). The van der Waals surface area contributed by atoms with Gasteiger partial charge in [-0.25, -0.2) is 4.79 Å². The van der Waals surface area contributed by atoms with Gasteiger partial charge in [0, 0.05) is 5.56 Å². The van der Waals surface area contributed by atoms with Crippen LogP contribution in [0.3, 0.4) is 0 Å². The fourth-order valence-corrected chi connectivity index (χ4v) is 3.81. The molecule has 1 saturated carbocycles. The predicted octanol–water partition coefficient (Wildman–Crippen LogP) is 3.39. The number of para-hydroxylation sites is 2. The molecule has 1 saturated heterocycles. The Morgan fingerprint density at radius 1 is 1.00 bits per heavy atom. The molecule has 2 aromatic rings. The van der Waals surface area contributed by atoms with E-state index in [1.165, 1.54) is 0 Å². The predicted molar refractivity (Wildman–Crippen MR) is 104 cm³/mol. The van der Waals surface area contributed by atoms with E-state index in [0.29, 0.717) is 29.9 Å². The van der Waals surface area contributed by atoms with E-state index in [1.54, 1.807) is 12.1 Å². The fourth-order valence-electron chi connectivity index (χ4n) is 3.81. The minimum atomic E-state index is -0.826. The van der Waals surface area contributed by atoms with Gasteiger partial charge in [0.2, 0.25) is 0 Å². The van der Waals surface area contributed by atoms with Crippen LogP contribution in [0.1, 0.15) is 31.2 Å². The average Bonchev–Trinajstić information content (AvgIpc) is 3.29. The van der Waals surface area contributed by atoms with Crippen LogP contribution >= 0.6 is 0 Å². The van der Waals surface area contributed by atoms with Crippen LogP contribution in [0.4, 0.5) is 4.79 Å². The first-order valence-electron chi connectivity index (χ1n) is 9.68. The van der Waals surface area contributed by atoms with E-state index < -0.39 is 24.1 Å². The Kier molecular flexibility index (Phi) is 5.20. The minimum absolute atomic E-state index is 0.0172. The van der Waals surface area contributed by atoms with Crippen molar-refractivity contribution in [3.63, 3.8) is 0 Å². The number of hydrogen-bond donors (Lipinski definition) is 1. The van der Waals surface area contributed by atoms with E-state index in [9.17, 15) is 14.4 Å². The Morgan fingerprint density at radius 3 is 2.45 bits per heavy atom. The molecule has 29 heavy (non-hydrogen) atoms. The molecule has 3 amide bonds. The lowest BCUT2D eigenvalue weighted by Gasteiger charge is -2.19. The number of carbonyl (C=O) groups is 3. The SMILES string of the molecule is O=C(CN1C(=O)NC2(CCCC2)C1=O)OCc1ccccc1Oc1ccccc1. The van der Waals surface area contributed by atoms with Gasteiger partial charge in [0.15, 0.2) is 0 Å². The normalized spacial score (nSPS) is 17.4. The zero-order chi connectivity index (χ0) is 20.3. The third-order valence-electron chi connectivity index (χ3n) is 5.32. The molecule has 7 nitrogen and oxygen atoms in total. The highest BCUT2D eigenvalue weighted by Crippen LogP contribution is 2.35. The van der Waals surface area contributed by atoms with Crippen molar-refractivity contribution in [3.05, 3.63) is 60.2 Å². The number of nitrogens with one attached hydrogen (secondary N) is 1. The molecule has 1 spiro atoms. The van der Waals surface area contributed by atoms with Crippen molar-refractivity contribution in [2.24, 2.45) is 0 Å². The summed E-state index contributed by atoms with van der Waals surface area (Å²) in [5.74, 6) is 0.279. The second-order valence-corrected chi connectivity index (χ2v) is 7.29. The number of carbonyl (C=O) groups excluding carboxylic acids is 3. The molecular weight excluding hydrogens is 372 g/mol. The average molecular weight is 394 g/mol. The number of rotatable bonds is 6. The number of nitrogens with zero attached hydrogens (tertiary/aromatic N) is 1. The molecule has 2 aromatic carbocycles. The summed E-state index contributed by atoms with van der Waals surface area (Å²) in [6.07, 6.45) is 3.02. The zero-order valence-electron chi connectivity index (χ0n) is 15.9. The van der Waals surface area contributed by atoms with Crippen molar-refractivity contribution in [1.29, 1.82) is 0 Å². The van der Waals surface area contributed by atoms with E-state index in [-0.39, 0.29) is 12.5 Å². The molecule has 0 aromatic heterocycles. The summed E-state index contributed by atoms with van der Waals surface area (Å²) in [6, 6.07) is 16.0. The van der Waals surface area contributed by atoms with Crippen LogP contribution in [-0.2, 0) is 20.9 Å². The number of urea groups is 1. The number of imide groups is 1. The Morgan fingerprint density at radius 2 is 1.69 bits per heavy atom. The van der Waals surface area contributed by atoms with Crippen molar-refractivity contribution >= 4 is 17.9 Å². The highest BCUT2D eigenvalue weighted by molar-refractivity contribution is 6.08. The van der Waals surface area contributed by atoms with E-state index >= 15 is 0 Å². The maximum atomic E-state index is 12.6. The van der Waals surface area contributed by atoms with Crippen LogP contribution < -0.4 is 10.1 Å². The number of esters is 1. The smallest absolute Gasteiger partial charge is 0.326 e. The van der Waals surface area contributed by atoms with Crippen molar-refractivity contribution < 1.29 is 23.9 Å². The van der Waals surface area contributed by atoms with E-state index in [4.69, 9.17) is 9.47 Å². The number of hydrogen-bond acceptors (Lipinski definition) is 5. The van der Waals surface area contributed by atoms with Crippen LogP contribution in [0.15, 0.2) is 54.6 Å². The molecule has 4 rings (SSSR count). The quantitative estimate of drug-likeness (QED) is 0.600. The van der Waals surface area contributed by atoms with Crippen molar-refractivity contribution in [3.8, 4) is 11.5 Å². The van der Waals surface area contributed by atoms with Crippen molar-refractivity contribution in [1.82, 2.24) is 10.2 Å². The van der Waals surface area contributed by atoms with E-state index in [2.05, 4.69) is 5.32 Å². The lowest BCUT2D eigenvalue weighted by molar-refractivity contribution is -0.148. The van der Waals surface area contributed by atoms with Gasteiger partial charge in [-0.3, -0.25) is 14.5 Å². The molecule has 0 bridgehead atoms. The summed E-state index contributed by atoms with van der Waals surface area (Å²) in [5.41, 5.74) is -0.137. The highest BCUT2D eigenvalue weighted by Gasteiger charge is 2.52. The number of benzene rings is 2. The topological polar surface area (TPSA) is 84.9 Å². The molecule has 1 heterocycles. The second kappa shape index (κ2) is 7.95. The number of amides is 3. The van der Waals surface area contributed by atoms with Crippen LogP contribution in [0.5, 0.6) is 11.5 Å². The van der Waals surface area contributed by atoms with Crippen molar-refractivity contribution in [2.45, 2.75) is 37.8 Å². The molecule has 0 unspecified atom stereocenters. The Labute approximate surface area is 168 Å². The zero-order valence-corrected chi connectivity index (χ0v) is 15.9. The number of ether oxygens (including phenoxy) is 2. The van der Waals surface area contributed by atoms with Crippen LogP contribution in [-0.4, -0.2) is 34.9 Å². The summed E-state index contributed by atoms with van der Waals surface area (Å²) in [5, 5.41) is 2.75. The molecule has 2 aliphatic rings. The molecule has 150 valence electrons. The van der Waals surface area contributed by atoms with Gasteiger partial charge in [0.1, 0.15) is 30.2 Å². The summed E-state index contributed by atoms with van der Waals surface area (Å²) in [6.45, 7) is -0.412. The van der Waals surface area contributed by atoms with Gasteiger partial charge < -0.3 is 14.8 Å². The lowest BCUT2D eigenvalue weighted by Crippen LogP contribution is -2.44. The summed E-state index contributed by atoms with van der Waals surface area (Å²) in [7, 11) is 0. The molecule has 7 heteroatoms. The Hall–Kier alpha value is -3.35. The maximum Gasteiger partial charge on any atom is 0.326 e.